The number of nitrogens with zero attached hydrogens (tertiary/aromatic N) is 3. The number of carbonyl (C=O) groups excluding carboxylic acids is 2. The van der Waals surface area contributed by atoms with Crippen LogP contribution < -0.4 is 5.73 Å². The molecule has 0 unspecified atom stereocenters. The van der Waals surface area contributed by atoms with E-state index in [2.05, 4.69) is 11.7 Å². The highest BCUT2D eigenvalue weighted by atomic mass is 16.2. The third-order valence-corrected chi connectivity index (χ3v) is 4.22. The molecule has 1 heterocycles. The van der Waals surface area contributed by atoms with Crippen molar-refractivity contribution in [1.29, 1.82) is 0 Å². The number of para-hydroxylation sites is 1. The number of allylic oxidation sites excluding steroid dienone is 1. The monoisotopic (exact) mass is 355 g/mol. The van der Waals surface area contributed by atoms with E-state index in [1.165, 1.54) is 4.58 Å². The lowest BCUT2D eigenvalue weighted by atomic mass is 9.89. The Morgan fingerprint density at radius 3 is 2.54 bits per heavy atom. The minimum absolute atomic E-state index is 0.257. The third kappa shape index (κ3) is 3.90. The van der Waals surface area contributed by atoms with Gasteiger partial charge in [0.2, 0.25) is 5.69 Å². The van der Waals surface area contributed by atoms with E-state index < -0.39 is 11.3 Å². The van der Waals surface area contributed by atoms with Gasteiger partial charge in [0.25, 0.3) is 5.71 Å². The summed E-state index contributed by atoms with van der Waals surface area (Å²) in [5.74, 6) is -0.949. The molecule has 0 atom stereocenters. The van der Waals surface area contributed by atoms with E-state index in [1.807, 2.05) is 55.8 Å². The summed E-state index contributed by atoms with van der Waals surface area (Å²) in [7, 11) is 1.57. The molecule has 2 N–H and O–H groups in total. The van der Waals surface area contributed by atoms with Crippen molar-refractivity contribution in [2.75, 3.05) is 7.05 Å². The number of primary amides is 1. The number of hydrogen-bond donors (Lipinski definition) is 1. The first kappa shape index (κ1) is 19.6. The maximum Gasteiger partial charge on any atom is 0.440 e. The number of amides is 2. The largest absolute Gasteiger partial charge is 0.440 e. The Hall–Kier alpha value is -2.76. The number of unbranched alkanes of at least 4 members (excludes halogenated alkanes) is 1. The molecular weight excluding hydrogens is 328 g/mol. The molecule has 0 spiro atoms. The Morgan fingerprint density at radius 1 is 1.31 bits per heavy atom. The number of rotatable bonds is 6. The first-order valence-electron chi connectivity index (χ1n) is 8.70. The summed E-state index contributed by atoms with van der Waals surface area (Å²) < 4.78 is 3.16. The predicted molar refractivity (Wildman–Crippen MR) is 103 cm³/mol. The van der Waals surface area contributed by atoms with Gasteiger partial charge in [0.05, 0.1) is 10.9 Å². The molecule has 0 saturated carbocycles. The van der Waals surface area contributed by atoms with Crippen LogP contribution in [0.5, 0.6) is 0 Å². The molecule has 6 nitrogen and oxygen atoms in total. The van der Waals surface area contributed by atoms with Crippen LogP contribution in [0.3, 0.4) is 0 Å². The fraction of sp³-hybridized carbons (Fsp3) is 0.400. The lowest BCUT2D eigenvalue weighted by Gasteiger charge is -2.15. The number of fused-ring (bicyclic) bond motifs is 1. The van der Waals surface area contributed by atoms with Crippen molar-refractivity contribution in [1.82, 2.24) is 9.78 Å². The number of aromatic nitrogens is 2. The number of carbonyl (C=O) groups is 2. The van der Waals surface area contributed by atoms with Crippen LogP contribution in [0.15, 0.2) is 36.9 Å². The van der Waals surface area contributed by atoms with Crippen LogP contribution in [0.1, 0.15) is 44.1 Å². The smallest absolute Gasteiger partial charge is 0.361 e. The third-order valence-electron chi connectivity index (χ3n) is 4.22. The van der Waals surface area contributed by atoms with Gasteiger partial charge < -0.3 is 5.73 Å². The van der Waals surface area contributed by atoms with E-state index in [0.29, 0.717) is 12.2 Å². The van der Waals surface area contributed by atoms with E-state index in [0.717, 1.165) is 23.7 Å². The van der Waals surface area contributed by atoms with E-state index in [9.17, 15) is 9.59 Å². The fourth-order valence-electron chi connectivity index (χ4n) is 3.14. The molecule has 2 aromatic rings. The van der Waals surface area contributed by atoms with Crippen LogP contribution >= 0.6 is 0 Å². The molecule has 0 aliphatic heterocycles. The van der Waals surface area contributed by atoms with Gasteiger partial charge in [-0.1, -0.05) is 24.3 Å². The standard InChI is InChI=1S/C20H26N4O2/c1-6-7-10-13-24-15-12-9-8-11-14(15)16(22-24)19(26)23(5)17(18(21)25)20(2,3)4/h6,8-9,11-12H,1,7,10,13H2,2-5H3,(H-,21,25)/p+1. The maximum absolute atomic E-state index is 13.1. The topological polar surface area (TPSA) is 81.0 Å². The van der Waals surface area contributed by atoms with Gasteiger partial charge in [-0.05, 0) is 39.7 Å². The van der Waals surface area contributed by atoms with Gasteiger partial charge in [0.1, 0.15) is 7.05 Å². The lowest BCUT2D eigenvalue weighted by molar-refractivity contribution is -0.398. The van der Waals surface area contributed by atoms with Crippen molar-refractivity contribution in [2.24, 2.45) is 11.1 Å². The Bertz CT molecular complexity index is 885. The van der Waals surface area contributed by atoms with Crippen LogP contribution in [0.4, 0.5) is 0 Å². The zero-order chi connectivity index (χ0) is 19.5. The Morgan fingerprint density at radius 2 is 1.96 bits per heavy atom. The number of aryl methyl sites for hydroxylation is 1. The first-order chi connectivity index (χ1) is 12.2. The number of nitrogens with two attached hydrogens (primary N) is 1. The van der Waals surface area contributed by atoms with Gasteiger partial charge in [-0.2, -0.15) is 9.67 Å². The summed E-state index contributed by atoms with van der Waals surface area (Å²) in [6.45, 7) is 9.97. The van der Waals surface area contributed by atoms with Gasteiger partial charge in [0, 0.05) is 11.9 Å². The Labute approximate surface area is 154 Å². The van der Waals surface area contributed by atoms with E-state index in [4.69, 9.17) is 5.73 Å². The van der Waals surface area contributed by atoms with Crippen LogP contribution in [-0.4, -0.2) is 38.9 Å². The second-order valence-electron chi connectivity index (χ2n) is 7.35. The SMILES string of the molecule is C=CCCCn1nc(C(=O)[N+](C)=C(C(N)=O)C(C)(C)C)c2ccccc21. The van der Waals surface area contributed by atoms with Gasteiger partial charge in [-0.25, -0.2) is 4.79 Å². The molecule has 0 fully saturated rings. The summed E-state index contributed by atoms with van der Waals surface area (Å²) in [4.78, 5) is 25.0. The molecule has 138 valence electrons. The zero-order valence-corrected chi connectivity index (χ0v) is 16.0. The molecule has 0 radical (unpaired) electrons. The van der Waals surface area contributed by atoms with E-state index >= 15 is 0 Å². The minimum Gasteiger partial charge on any atom is -0.361 e. The molecule has 1 aromatic heterocycles. The average Bonchev–Trinajstić information content (AvgIpc) is 2.92. The van der Waals surface area contributed by atoms with Crippen LogP contribution in [0.25, 0.3) is 10.9 Å². The van der Waals surface area contributed by atoms with Crippen LogP contribution in [0.2, 0.25) is 0 Å². The van der Waals surface area contributed by atoms with Crippen molar-refractivity contribution in [3.8, 4) is 0 Å². The molecule has 0 aliphatic carbocycles. The number of benzene rings is 1. The van der Waals surface area contributed by atoms with Crippen LogP contribution in [-0.2, 0) is 11.3 Å². The van der Waals surface area contributed by atoms with Gasteiger partial charge >= 0.3 is 11.8 Å². The fourth-order valence-corrected chi connectivity index (χ4v) is 3.14. The number of hydrogen-bond acceptors (Lipinski definition) is 3. The zero-order valence-electron chi connectivity index (χ0n) is 16.0. The molecular formula is C20H27N4O2+. The van der Waals surface area contributed by atoms with Crippen LogP contribution in [0, 0.1) is 5.41 Å². The molecule has 6 heteroatoms. The molecule has 2 rings (SSSR count). The predicted octanol–water partition coefficient (Wildman–Crippen LogP) is 2.76. The second-order valence-corrected chi connectivity index (χ2v) is 7.35. The Kier molecular flexibility index (Phi) is 5.75. The Balaban J connectivity index is 2.57. The summed E-state index contributed by atoms with van der Waals surface area (Å²) in [5.41, 5.74) is 6.45. The quantitative estimate of drug-likeness (QED) is 0.374. The lowest BCUT2D eigenvalue weighted by Crippen LogP contribution is -2.43. The molecule has 0 aliphatic rings. The summed E-state index contributed by atoms with van der Waals surface area (Å²) in [6.07, 6.45) is 3.63. The second kappa shape index (κ2) is 7.64. The highest BCUT2D eigenvalue weighted by Gasteiger charge is 2.37. The summed E-state index contributed by atoms with van der Waals surface area (Å²) in [5, 5.41) is 5.30. The normalized spacial score (nSPS) is 12.8. The minimum atomic E-state index is -0.608. The summed E-state index contributed by atoms with van der Waals surface area (Å²) >= 11 is 0. The van der Waals surface area contributed by atoms with Gasteiger partial charge in [0.15, 0.2) is 0 Å². The molecule has 0 saturated heterocycles. The van der Waals surface area contributed by atoms with Crippen molar-refractivity contribution >= 4 is 28.4 Å². The van der Waals surface area contributed by atoms with Crippen molar-refractivity contribution in [2.45, 2.75) is 40.2 Å². The molecule has 0 bridgehead atoms. The van der Waals surface area contributed by atoms with E-state index in [-0.39, 0.29) is 11.6 Å². The highest BCUT2D eigenvalue weighted by molar-refractivity contribution is 6.38. The molecule has 1 aromatic carbocycles. The van der Waals surface area contributed by atoms with Gasteiger partial charge in [-0.3, -0.25) is 9.48 Å². The molecule has 2 amide bonds. The van der Waals surface area contributed by atoms with Crippen molar-refractivity contribution in [3.05, 3.63) is 42.6 Å². The highest BCUT2D eigenvalue weighted by Crippen LogP contribution is 2.21. The first-order valence-corrected chi connectivity index (χ1v) is 8.70. The van der Waals surface area contributed by atoms with Crippen molar-refractivity contribution < 1.29 is 14.2 Å². The molecule has 26 heavy (non-hydrogen) atoms. The average molecular weight is 355 g/mol. The van der Waals surface area contributed by atoms with Crippen molar-refractivity contribution in [3.63, 3.8) is 0 Å². The van der Waals surface area contributed by atoms with Gasteiger partial charge in [-0.15, -0.1) is 6.58 Å². The summed E-state index contributed by atoms with van der Waals surface area (Å²) in [6, 6.07) is 7.60. The maximum atomic E-state index is 13.1. The van der Waals surface area contributed by atoms with E-state index in [1.54, 1.807) is 7.05 Å².